The molecule has 0 aliphatic carbocycles. The van der Waals surface area contributed by atoms with Gasteiger partial charge >= 0.3 is 0 Å². The van der Waals surface area contributed by atoms with Crippen LogP contribution in [0.5, 0.6) is 0 Å². The summed E-state index contributed by atoms with van der Waals surface area (Å²) in [6.07, 6.45) is -1.29. The van der Waals surface area contributed by atoms with Crippen molar-refractivity contribution in [3.05, 3.63) is 56.0 Å². The molecule has 0 atom stereocenters. The number of carbonyl (C=O) groups is 1. The van der Waals surface area contributed by atoms with E-state index in [1.807, 2.05) is 0 Å². The van der Waals surface area contributed by atoms with Crippen molar-refractivity contribution in [2.24, 2.45) is 0 Å². The van der Waals surface area contributed by atoms with Crippen LogP contribution in [-0.4, -0.2) is 30.5 Å². The second kappa shape index (κ2) is 8.54. The van der Waals surface area contributed by atoms with Gasteiger partial charge in [0.05, 0.1) is 26.8 Å². The van der Waals surface area contributed by atoms with Crippen LogP contribution in [0, 0.1) is 6.92 Å². The maximum absolute atomic E-state index is 12.9. The number of nitrogens with one attached hydrogen (secondary N) is 1. The fraction of sp³-hybridized carbons (Fsp3) is 0.250. The highest BCUT2D eigenvalue weighted by molar-refractivity contribution is 9.10. The molecule has 28 heavy (non-hydrogen) atoms. The highest BCUT2D eigenvalue weighted by atomic mass is 79.9. The van der Waals surface area contributed by atoms with Gasteiger partial charge < -0.3 is 0 Å². The summed E-state index contributed by atoms with van der Waals surface area (Å²) in [5.74, 6) is -0.408. The van der Waals surface area contributed by atoms with Crippen LogP contribution in [0.3, 0.4) is 0 Å². The number of amides is 1. The first-order valence-corrected chi connectivity index (χ1v) is 9.43. The number of alkyl halides is 2. The lowest BCUT2D eigenvalue weighted by Crippen LogP contribution is -2.21. The fourth-order valence-electron chi connectivity index (χ4n) is 2.39. The van der Waals surface area contributed by atoms with Gasteiger partial charge in [-0.3, -0.25) is 14.8 Å². The first-order chi connectivity index (χ1) is 13.2. The minimum atomic E-state index is -2.74. The van der Waals surface area contributed by atoms with Crippen molar-refractivity contribution in [2.45, 2.75) is 26.4 Å². The third kappa shape index (κ3) is 4.68. The normalized spacial score (nSPS) is 11.2. The molecule has 0 radical (unpaired) electrons. The van der Waals surface area contributed by atoms with Gasteiger partial charge in [0.1, 0.15) is 18.6 Å². The predicted molar refractivity (Wildman–Crippen MR) is 104 cm³/mol. The first kappa shape index (κ1) is 20.7. The molecule has 0 unspecified atom stereocenters. The van der Waals surface area contributed by atoms with Crippen molar-refractivity contribution < 1.29 is 13.6 Å². The molecule has 3 rings (SSSR count). The quantitative estimate of drug-likeness (QED) is 0.549. The molecule has 0 saturated heterocycles. The molecule has 3 aromatic rings. The third-order valence-electron chi connectivity index (χ3n) is 3.77. The van der Waals surface area contributed by atoms with Crippen molar-refractivity contribution in [3.63, 3.8) is 0 Å². The van der Waals surface area contributed by atoms with E-state index in [-0.39, 0.29) is 17.0 Å². The van der Waals surface area contributed by atoms with Crippen LogP contribution in [0.25, 0.3) is 0 Å². The Bertz CT molecular complexity index is 1020. The summed E-state index contributed by atoms with van der Waals surface area (Å²) >= 11 is 14.9. The predicted octanol–water partition coefficient (Wildman–Crippen LogP) is 4.48. The van der Waals surface area contributed by atoms with Crippen molar-refractivity contribution in [1.82, 2.24) is 24.5 Å². The van der Waals surface area contributed by atoms with E-state index in [0.717, 1.165) is 5.56 Å². The molecule has 1 amide bonds. The van der Waals surface area contributed by atoms with Gasteiger partial charge in [-0.15, -0.1) is 5.10 Å². The topological polar surface area (TPSA) is 77.6 Å². The molecule has 2 heterocycles. The van der Waals surface area contributed by atoms with Crippen LogP contribution < -0.4 is 5.32 Å². The van der Waals surface area contributed by atoms with Gasteiger partial charge in [0.25, 0.3) is 6.43 Å². The van der Waals surface area contributed by atoms with E-state index >= 15 is 0 Å². The van der Waals surface area contributed by atoms with Gasteiger partial charge in [-0.1, -0.05) is 29.3 Å². The Morgan fingerprint density at radius 2 is 2.04 bits per heavy atom. The molecule has 0 fully saturated rings. The Morgan fingerprint density at radius 1 is 1.29 bits per heavy atom. The number of rotatable bonds is 6. The summed E-state index contributed by atoms with van der Waals surface area (Å²) in [6.45, 7) is 1.71. The standard InChI is InChI=1S/C16H13BrCl2F2N6O/c1-8-13(17)14(15(20)21)24-27(8)6-12(28)23-16-22-7-26(25-16)5-9-2-3-10(18)11(19)4-9/h2-4,7,15H,5-6H2,1H3,(H,23,25,28). The first-order valence-electron chi connectivity index (χ1n) is 7.88. The molecule has 0 bridgehead atoms. The van der Waals surface area contributed by atoms with Crippen LogP contribution in [-0.2, 0) is 17.9 Å². The number of hydrogen-bond donors (Lipinski definition) is 1. The van der Waals surface area contributed by atoms with Crippen molar-refractivity contribution >= 4 is 51.0 Å². The van der Waals surface area contributed by atoms with E-state index in [9.17, 15) is 13.6 Å². The number of halogens is 5. The van der Waals surface area contributed by atoms with Gasteiger partial charge in [0.2, 0.25) is 11.9 Å². The second-order valence-electron chi connectivity index (χ2n) is 5.81. The van der Waals surface area contributed by atoms with Crippen LogP contribution in [0.15, 0.2) is 29.0 Å². The Hall–Kier alpha value is -2.04. The van der Waals surface area contributed by atoms with E-state index in [1.54, 1.807) is 25.1 Å². The molecule has 0 spiro atoms. The molecular weight excluding hydrogens is 481 g/mol. The average Bonchev–Trinajstić information content (AvgIpc) is 3.17. The molecule has 0 saturated carbocycles. The van der Waals surface area contributed by atoms with Gasteiger partial charge in [-0.2, -0.15) is 5.10 Å². The molecule has 0 aliphatic rings. The zero-order valence-corrected chi connectivity index (χ0v) is 17.4. The van der Waals surface area contributed by atoms with Gasteiger partial charge in [-0.05, 0) is 40.5 Å². The summed E-state index contributed by atoms with van der Waals surface area (Å²) in [5.41, 5.74) is 0.867. The van der Waals surface area contributed by atoms with Crippen LogP contribution in [0.2, 0.25) is 10.0 Å². The number of carbonyl (C=O) groups excluding carboxylic acids is 1. The van der Waals surface area contributed by atoms with Crippen molar-refractivity contribution in [2.75, 3.05) is 5.32 Å². The van der Waals surface area contributed by atoms with Gasteiger partial charge in [0.15, 0.2) is 0 Å². The lowest BCUT2D eigenvalue weighted by atomic mass is 10.2. The molecule has 1 N–H and O–H groups in total. The number of hydrogen-bond acceptors (Lipinski definition) is 4. The molecule has 148 valence electrons. The minimum Gasteiger partial charge on any atom is -0.292 e. The zero-order chi connectivity index (χ0) is 20.4. The number of nitrogens with zero attached hydrogens (tertiary/aromatic N) is 5. The highest BCUT2D eigenvalue weighted by Crippen LogP contribution is 2.29. The largest absolute Gasteiger partial charge is 0.292 e. The highest BCUT2D eigenvalue weighted by Gasteiger charge is 2.21. The van der Waals surface area contributed by atoms with Crippen LogP contribution in [0.1, 0.15) is 23.4 Å². The Morgan fingerprint density at radius 3 is 2.68 bits per heavy atom. The van der Waals surface area contributed by atoms with Crippen LogP contribution >= 0.6 is 39.1 Å². The summed E-state index contributed by atoms with van der Waals surface area (Å²) in [6, 6.07) is 5.19. The van der Waals surface area contributed by atoms with Gasteiger partial charge in [0, 0.05) is 0 Å². The monoisotopic (exact) mass is 492 g/mol. The number of aromatic nitrogens is 5. The second-order valence-corrected chi connectivity index (χ2v) is 7.41. The Kier molecular flexibility index (Phi) is 6.31. The molecular formula is C16H13BrCl2F2N6O. The minimum absolute atomic E-state index is 0.0861. The van der Waals surface area contributed by atoms with Crippen molar-refractivity contribution in [1.29, 1.82) is 0 Å². The SMILES string of the molecule is Cc1c(Br)c(C(F)F)nn1CC(=O)Nc1ncn(Cc2ccc(Cl)c(Cl)c2)n1. The number of benzene rings is 1. The third-order valence-corrected chi connectivity index (χ3v) is 5.49. The number of anilines is 1. The molecule has 7 nitrogen and oxygen atoms in total. The van der Waals surface area contributed by atoms with E-state index in [4.69, 9.17) is 23.2 Å². The maximum Gasteiger partial charge on any atom is 0.283 e. The Balaban J connectivity index is 1.64. The fourth-order valence-corrected chi connectivity index (χ4v) is 3.17. The maximum atomic E-state index is 12.9. The molecule has 12 heteroatoms. The summed E-state index contributed by atoms with van der Waals surface area (Å²) < 4.78 is 28.7. The summed E-state index contributed by atoms with van der Waals surface area (Å²) in [5, 5.41) is 11.3. The molecule has 1 aromatic carbocycles. The summed E-state index contributed by atoms with van der Waals surface area (Å²) in [7, 11) is 0. The smallest absolute Gasteiger partial charge is 0.283 e. The average molecular weight is 494 g/mol. The lowest BCUT2D eigenvalue weighted by molar-refractivity contribution is -0.117. The summed E-state index contributed by atoms with van der Waals surface area (Å²) in [4.78, 5) is 16.2. The van der Waals surface area contributed by atoms with E-state index < -0.39 is 18.0 Å². The Labute approximate surface area is 176 Å². The van der Waals surface area contributed by atoms with Crippen molar-refractivity contribution in [3.8, 4) is 0 Å². The van der Waals surface area contributed by atoms with Crippen LogP contribution in [0.4, 0.5) is 14.7 Å². The van der Waals surface area contributed by atoms with E-state index in [2.05, 4.69) is 36.4 Å². The molecule has 0 aliphatic heterocycles. The zero-order valence-electron chi connectivity index (χ0n) is 14.3. The lowest BCUT2D eigenvalue weighted by Gasteiger charge is -2.04. The van der Waals surface area contributed by atoms with E-state index in [1.165, 1.54) is 15.7 Å². The van der Waals surface area contributed by atoms with E-state index in [0.29, 0.717) is 22.3 Å². The van der Waals surface area contributed by atoms with Gasteiger partial charge in [-0.25, -0.2) is 18.4 Å². The molecule has 2 aromatic heterocycles.